The first kappa shape index (κ1) is 14.2. The van der Waals surface area contributed by atoms with Crippen LogP contribution in [-0.2, 0) is 4.79 Å². The Morgan fingerprint density at radius 3 is 3.05 bits per heavy atom. The number of hydrogen-bond donors (Lipinski definition) is 2. The van der Waals surface area contributed by atoms with Gasteiger partial charge in [0.15, 0.2) is 0 Å². The van der Waals surface area contributed by atoms with Gasteiger partial charge in [0.2, 0.25) is 5.91 Å². The number of ether oxygens (including phenoxy) is 1. The Labute approximate surface area is 125 Å². The van der Waals surface area contributed by atoms with Gasteiger partial charge in [-0.15, -0.1) is 0 Å². The van der Waals surface area contributed by atoms with E-state index in [2.05, 4.69) is 10.2 Å². The van der Waals surface area contributed by atoms with Gasteiger partial charge in [-0.3, -0.25) is 9.69 Å². The number of piperidine rings is 1. The van der Waals surface area contributed by atoms with Gasteiger partial charge in [0, 0.05) is 24.3 Å². The maximum atomic E-state index is 12.2. The smallest absolute Gasteiger partial charge is 0.244 e. The van der Waals surface area contributed by atoms with E-state index < -0.39 is 5.54 Å². The fraction of sp³-hybridized carbons (Fsp3) is 0.562. The van der Waals surface area contributed by atoms with Crippen molar-refractivity contribution in [1.29, 1.82) is 0 Å². The second-order valence-corrected chi connectivity index (χ2v) is 5.99. The highest BCUT2D eigenvalue weighted by molar-refractivity contribution is 5.89. The molecule has 0 spiro atoms. The molecule has 0 radical (unpaired) electrons. The molecule has 0 saturated carbocycles. The number of nitrogens with one attached hydrogen (secondary N) is 1. The van der Waals surface area contributed by atoms with Crippen LogP contribution in [0.25, 0.3) is 0 Å². The fourth-order valence-corrected chi connectivity index (χ4v) is 3.76. The maximum Gasteiger partial charge on any atom is 0.244 e. The Kier molecular flexibility index (Phi) is 3.76. The van der Waals surface area contributed by atoms with E-state index in [1.165, 1.54) is 6.42 Å². The molecule has 2 saturated heterocycles. The molecule has 5 nitrogen and oxygen atoms in total. The van der Waals surface area contributed by atoms with Crippen LogP contribution in [0, 0.1) is 0 Å². The summed E-state index contributed by atoms with van der Waals surface area (Å²) < 4.78 is 5.25. The van der Waals surface area contributed by atoms with Crippen molar-refractivity contribution in [3.63, 3.8) is 0 Å². The zero-order valence-corrected chi connectivity index (χ0v) is 12.5. The summed E-state index contributed by atoms with van der Waals surface area (Å²) in [5.74, 6) is 0.526. The highest BCUT2D eigenvalue weighted by Gasteiger charge is 2.52. The normalized spacial score (nSPS) is 28.9. The molecular formula is C16H23N3O2. The SMILES string of the molecule is COc1cccc(NC2(C(N)=O)CCN3CCCCC32)c1. The predicted octanol–water partition coefficient (Wildman–Crippen LogP) is 1.59. The molecule has 3 N–H and O–H groups in total. The first-order valence-electron chi connectivity index (χ1n) is 7.62. The molecule has 1 aromatic rings. The van der Waals surface area contributed by atoms with Crippen LogP contribution in [0.3, 0.4) is 0 Å². The van der Waals surface area contributed by atoms with Crippen LogP contribution in [0.4, 0.5) is 5.69 Å². The summed E-state index contributed by atoms with van der Waals surface area (Å²) >= 11 is 0. The van der Waals surface area contributed by atoms with Crippen molar-refractivity contribution in [3.05, 3.63) is 24.3 Å². The number of fused-ring (bicyclic) bond motifs is 1. The third-order valence-corrected chi connectivity index (χ3v) is 4.85. The molecule has 21 heavy (non-hydrogen) atoms. The van der Waals surface area contributed by atoms with Crippen LogP contribution in [0.2, 0.25) is 0 Å². The zero-order chi connectivity index (χ0) is 14.9. The van der Waals surface area contributed by atoms with Crippen molar-refractivity contribution in [2.75, 3.05) is 25.5 Å². The Morgan fingerprint density at radius 1 is 1.43 bits per heavy atom. The van der Waals surface area contributed by atoms with Gasteiger partial charge in [-0.25, -0.2) is 0 Å². The average molecular weight is 289 g/mol. The van der Waals surface area contributed by atoms with E-state index in [1.807, 2.05) is 24.3 Å². The van der Waals surface area contributed by atoms with Gasteiger partial charge in [-0.1, -0.05) is 12.5 Å². The summed E-state index contributed by atoms with van der Waals surface area (Å²) in [4.78, 5) is 14.6. The van der Waals surface area contributed by atoms with Crippen molar-refractivity contribution >= 4 is 11.6 Å². The first-order chi connectivity index (χ1) is 10.2. The Morgan fingerprint density at radius 2 is 2.29 bits per heavy atom. The van der Waals surface area contributed by atoms with E-state index in [1.54, 1.807) is 7.11 Å². The summed E-state index contributed by atoms with van der Waals surface area (Å²) in [5, 5.41) is 3.43. The monoisotopic (exact) mass is 289 g/mol. The number of primary amides is 1. The van der Waals surface area contributed by atoms with Crippen molar-refractivity contribution < 1.29 is 9.53 Å². The third kappa shape index (κ3) is 2.46. The van der Waals surface area contributed by atoms with E-state index in [9.17, 15) is 4.79 Å². The van der Waals surface area contributed by atoms with E-state index in [4.69, 9.17) is 10.5 Å². The highest BCUT2D eigenvalue weighted by Crippen LogP contribution is 2.38. The van der Waals surface area contributed by atoms with Crippen LogP contribution in [0.15, 0.2) is 24.3 Å². The van der Waals surface area contributed by atoms with Gasteiger partial charge in [-0.2, -0.15) is 0 Å². The van der Waals surface area contributed by atoms with Gasteiger partial charge in [0.1, 0.15) is 11.3 Å². The average Bonchev–Trinajstić information content (AvgIpc) is 2.88. The number of carbonyl (C=O) groups excluding carboxylic acids is 1. The van der Waals surface area contributed by atoms with E-state index in [0.717, 1.165) is 43.8 Å². The Hall–Kier alpha value is -1.75. The minimum atomic E-state index is -0.660. The van der Waals surface area contributed by atoms with Crippen molar-refractivity contribution in [3.8, 4) is 5.75 Å². The lowest BCUT2D eigenvalue weighted by atomic mass is 9.84. The molecule has 2 heterocycles. The highest BCUT2D eigenvalue weighted by atomic mass is 16.5. The van der Waals surface area contributed by atoms with Gasteiger partial charge >= 0.3 is 0 Å². The number of rotatable bonds is 4. The summed E-state index contributed by atoms with van der Waals surface area (Å²) in [7, 11) is 1.64. The minimum absolute atomic E-state index is 0.204. The van der Waals surface area contributed by atoms with Crippen molar-refractivity contribution in [2.45, 2.75) is 37.3 Å². The van der Waals surface area contributed by atoms with Crippen LogP contribution in [0.5, 0.6) is 5.75 Å². The Balaban J connectivity index is 1.89. The van der Waals surface area contributed by atoms with Crippen LogP contribution >= 0.6 is 0 Å². The molecule has 2 aliphatic rings. The second-order valence-electron chi connectivity index (χ2n) is 5.99. The molecule has 0 bridgehead atoms. The predicted molar refractivity (Wildman–Crippen MR) is 82.4 cm³/mol. The zero-order valence-electron chi connectivity index (χ0n) is 12.5. The third-order valence-electron chi connectivity index (χ3n) is 4.85. The number of nitrogens with two attached hydrogens (primary N) is 1. The van der Waals surface area contributed by atoms with Crippen LogP contribution in [-0.4, -0.2) is 42.6 Å². The number of hydrogen-bond acceptors (Lipinski definition) is 4. The number of amides is 1. The molecule has 2 aliphatic heterocycles. The van der Waals surface area contributed by atoms with E-state index in [-0.39, 0.29) is 11.9 Å². The number of nitrogens with zero attached hydrogens (tertiary/aromatic N) is 1. The topological polar surface area (TPSA) is 67.6 Å². The molecule has 1 amide bonds. The van der Waals surface area contributed by atoms with Gasteiger partial charge in [0.05, 0.1) is 7.11 Å². The molecule has 1 aromatic carbocycles. The lowest BCUT2D eigenvalue weighted by Crippen LogP contribution is -2.59. The summed E-state index contributed by atoms with van der Waals surface area (Å²) in [5.41, 5.74) is 6.03. The number of anilines is 1. The quantitative estimate of drug-likeness (QED) is 0.883. The lowest BCUT2D eigenvalue weighted by Gasteiger charge is -2.39. The van der Waals surface area contributed by atoms with Gasteiger partial charge in [0.25, 0.3) is 0 Å². The second kappa shape index (κ2) is 5.56. The fourth-order valence-electron chi connectivity index (χ4n) is 3.76. The Bertz CT molecular complexity index is 534. The maximum absolute atomic E-state index is 12.2. The first-order valence-corrected chi connectivity index (χ1v) is 7.62. The molecule has 5 heteroatoms. The van der Waals surface area contributed by atoms with Crippen LogP contribution < -0.4 is 15.8 Å². The largest absolute Gasteiger partial charge is 0.497 e. The van der Waals surface area contributed by atoms with Crippen LogP contribution in [0.1, 0.15) is 25.7 Å². The molecule has 114 valence electrons. The number of methoxy groups -OCH3 is 1. The summed E-state index contributed by atoms with van der Waals surface area (Å²) in [6, 6.07) is 7.89. The standard InChI is InChI=1S/C16H23N3O2/c1-21-13-6-4-5-12(11-13)18-16(15(17)20)8-10-19-9-3-2-7-14(16)19/h4-6,11,14,18H,2-3,7-10H2,1H3,(H2,17,20). The molecule has 0 aliphatic carbocycles. The number of carbonyl (C=O) groups is 1. The summed E-state index contributed by atoms with van der Waals surface area (Å²) in [6.45, 7) is 2.00. The van der Waals surface area contributed by atoms with Crippen molar-refractivity contribution in [2.24, 2.45) is 5.73 Å². The molecule has 2 unspecified atom stereocenters. The van der Waals surface area contributed by atoms with Crippen molar-refractivity contribution in [1.82, 2.24) is 4.90 Å². The van der Waals surface area contributed by atoms with E-state index >= 15 is 0 Å². The summed E-state index contributed by atoms with van der Waals surface area (Å²) in [6.07, 6.45) is 4.17. The molecular weight excluding hydrogens is 266 g/mol. The van der Waals surface area contributed by atoms with Gasteiger partial charge < -0.3 is 15.8 Å². The molecule has 2 atom stereocenters. The molecule has 0 aromatic heterocycles. The molecule has 3 rings (SSSR count). The minimum Gasteiger partial charge on any atom is -0.497 e. The van der Waals surface area contributed by atoms with Gasteiger partial charge in [-0.05, 0) is 37.9 Å². The lowest BCUT2D eigenvalue weighted by molar-refractivity contribution is -0.123. The number of benzene rings is 1. The molecule has 2 fully saturated rings. The van der Waals surface area contributed by atoms with E-state index in [0.29, 0.717) is 0 Å².